The molecule has 2 aromatic rings. The monoisotopic (exact) mass is 321 g/mol. The number of ether oxygens (including phenoxy) is 1. The average Bonchev–Trinajstić information content (AvgIpc) is 2.46. The normalized spacial score (nSPS) is 10.5. The minimum absolute atomic E-state index is 0.0607. The maximum absolute atomic E-state index is 8.98. The van der Waals surface area contributed by atoms with E-state index < -0.39 is 0 Å². The molecule has 0 heterocycles. The molecule has 0 aliphatic rings. The molecule has 19 heavy (non-hydrogen) atoms. The van der Waals surface area contributed by atoms with Gasteiger partial charge in [-0.2, -0.15) is 0 Å². The van der Waals surface area contributed by atoms with Gasteiger partial charge >= 0.3 is 0 Å². The number of rotatable bonds is 5. The van der Waals surface area contributed by atoms with Crippen molar-refractivity contribution in [3.8, 4) is 5.75 Å². The van der Waals surface area contributed by atoms with Crippen LogP contribution in [-0.2, 0) is 19.8 Å². The highest BCUT2D eigenvalue weighted by atomic mass is 79.9. The van der Waals surface area contributed by atoms with Crippen molar-refractivity contribution in [1.82, 2.24) is 0 Å². The second-order valence-electron chi connectivity index (χ2n) is 4.22. The molecule has 0 bridgehead atoms. The summed E-state index contributed by atoms with van der Waals surface area (Å²) >= 11 is 3.41. The van der Waals surface area contributed by atoms with Gasteiger partial charge in [0.05, 0.1) is 6.61 Å². The fraction of sp³-hybridized carbons (Fsp3) is 0.200. The Balaban J connectivity index is 2.05. The Kier molecular flexibility index (Phi) is 4.96. The van der Waals surface area contributed by atoms with Crippen LogP contribution in [0.1, 0.15) is 16.7 Å². The highest BCUT2D eigenvalue weighted by Gasteiger charge is 2.03. The standard InChI is InChI=1S/C15H16BrNO2/c16-14-5-6-15(13(7-14)8-17)19-10-12-3-1-11(9-18)2-4-12/h1-7,18H,8-10,17H2. The lowest BCUT2D eigenvalue weighted by Crippen LogP contribution is -2.03. The van der Waals surface area contributed by atoms with E-state index in [-0.39, 0.29) is 6.61 Å². The molecule has 0 aromatic heterocycles. The molecule has 0 aliphatic carbocycles. The van der Waals surface area contributed by atoms with Crippen molar-refractivity contribution in [3.05, 3.63) is 63.6 Å². The van der Waals surface area contributed by atoms with Crippen molar-refractivity contribution in [2.24, 2.45) is 5.73 Å². The van der Waals surface area contributed by atoms with E-state index in [1.165, 1.54) is 0 Å². The Morgan fingerprint density at radius 3 is 2.37 bits per heavy atom. The molecule has 0 saturated heterocycles. The van der Waals surface area contributed by atoms with Gasteiger partial charge in [-0.3, -0.25) is 0 Å². The van der Waals surface area contributed by atoms with Gasteiger partial charge in [-0.25, -0.2) is 0 Å². The van der Waals surface area contributed by atoms with Gasteiger partial charge in [-0.15, -0.1) is 0 Å². The van der Waals surface area contributed by atoms with Crippen LogP contribution in [0, 0.1) is 0 Å². The molecule has 0 aliphatic heterocycles. The molecule has 4 heteroatoms. The Bertz CT molecular complexity index is 540. The lowest BCUT2D eigenvalue weighted by molar-refractivity contribution is 0.281. The zero-order valence-electron chi connectivity index (χ0n) is 10.5. The molecule has 0 fully saturated rings. The third kappa shape index (κ3) is 3.80. The van der Waals surface area contributed by atoms with Crippen LogP contribution in [-0.4, -0.2) is 5.11 Å². The molecule has 3 nitrogen and oxygen atoms in total. The van der Waals surface area contributed by atoms with Crippen LogP contribution in [0.15, 0.2) is 46.9 Å². The molecule has 2 rings (SSSR count). The van der Waals surface area contributed by atoms with Gasteiger partial charge in [0.1, 0.15) is 12.4 Å². The van der Waals surface area contributed by atoms with Gasteiger partial charge in [-0.1, -0.05) is 40.2 Å². The van der Waals surface area contributed by atoms with Crippen molar-refractivity contribution in [2.75, 3.05) is 0 Å². The number of aliphatic hydroxyl groups is 1. The summed E-state index contributed by atoms with van der Waals surface area (Å²) in [5.74, 6) is 0.803. The Hall–Kier alpha value is -1.36. The topological polar surface area (TPSA) is 55.5 Å². The van der Waals surface area contributed by atoms with Gasteiger partial charge in [0.15, 0.2) is 0 Å². The summed E-state index contributed by atoms with van der Waals surface area (Å²) in [6.07, 6.45) is 0. The predicted octanol–water partition coefficient (Wildman–Crippen LogP) is 2.98. The first-order valence-electron chi connectivity index (χ1n) is 6.03. The second-order valence-corrected chi connectivity index (χ2v) is 5.14. The SMILES string of the molecule is NCc1cc(Br)ccc1OCc1ccc(CO)cc1. The molecule has 0 atom stereocenters. The lowest BCUT2D eigenvalue weighted by atomic mass is 10.1. The molecule has 2 aromatic carbocycles. The van der Waals surface area contributed by atoms with Crippen molar-refractivity contribution in [1.29, 1.82) is 0 Å². The molecule has 0 spiro atoms. The molecule has 0 radical (unpaired) electrons. The molecular weight excluding hydrogens is 306 g/mol. The maximum atomic E-state index is 8.98. The maximum Gasteiger partial charge on any atom is 0.124 e. The number of nitrogens with two attached hydrogens (primary N) is 1. The van der Waals surface area contributed by atoms with Gasteiger partial charge in [0.25, 0.3) is 0 Å². The van der Waals surface area contributed by atoms with Crippen molar-refractivity contribution in [2.45, 2.75) is 19.8 Å². The van der Waals surface area contributed by atoms with Crippen molar-refractivity contribution >= 4 is 15.9 Å². The van der Waals surface area contributed by atoms with Crippen LogP contribution in [0.5, 0.6) is 5.75 Å². The number of aliphatic hydroxyl groups excluding tert-OH is 1. The zero-order valence-corrected chi connectivity index (χ0v) is 12.1. The smallest absolute Gasteiger partial charge is 0.124 e. The summed E-state index contributed by atoms with van der Waals surface area (Å²) in [6, 6.07) is 13.5. The predicted molar refractivity (Wildman–Crippen MR) is 78.7 cm³/mol. The Morgan fingerprint density at radius 1 is 1.05 bits per heavy atom. The van der Waals surface area contributed by atoms with Gasteiger partial charge in [-0.05, 0) is 29.3 Å². The van der Waals surface area contributed by atoms with Gasteiger partial charge in [0.2, 0.25) is 0 Å². The second kappa shape index (κ2) is 6.70. The molecule has 0 amide bonds. The van der Waals surface area contributed by atoms with E-state index in [4.69, 9.17) is 15.6 Å². The summed E-state index contributed by atoms with van der Waals surface area (Å²) < 4.78 is 6.77. The van der Waals surface area contributed by atoms with E-state index >= 15 is 0 Å². The van der Waals surface area contributed by atoms with Crippen molar-refractivity contribution in [3.63, 3.8) is 0 Å². The van der Waals surface area contributed by atoms with Crippen LogP contribution in [0.25, 0.3) is 0 Å². The Labute approximate surface area is 121 Å². The number of hydrogen-bond acceptors (Lipinski definition) is 3. The first-order valence-corrected chi connectivity index (χ1v) is 6.82. The molecular formula is C15H16BrNO2. The Morgan fingerprint density at radius 2 is 1.74 bits per heavy atom. The molecule has 3 N–H and O–H groups in total. The van der Waals surface area contributed by atoms with Crippen molar-refractivity contribution < 1.29 is 9.84 Å². The van der Waals surface area contributed by atoms with Crippen LogP contribution in [0.2, 0.25) is 0 Å². The van der Waals surface area contributed by atoms with E-state index in [9.17, 15) is 0 Å². The zero-order chi connectivity index (χ0) is 13.7. The van der Waals surface area contributed by atoms with Crippen LogP contribution < -0.4 is 10.5 Å². The fourth-order valence-corrected chi connectivity index (χ4v) is 2.16. The summed E-state index contributed by atoms with van der Waals surface area (Å²) in [4.78, 5) is 0. The quantitative estimate of drug-likeness (QED) is 0.890. The minimum Gasteiger partial charge on any atom is -0.489 e. The largest absolute Gasteiger partial charge is 0.489 e. The van der Waals surface area contributed by atoms with Crippen LogP contribution in [0.4, 0.5) is 0 Å². The summed E-state index contributed by atoms with van der Waals surface area (Å²) in [6.45, 7) is 0.990. The van der Waals surface area contributed by atoms with E-state index in [0.717, 1.165) is 26.9 Å². The van der Waals surface area contributed by atoms with Crippen LogP contribution in [0.3, 0.4) is 0 Å². The van der Waals surface area contributed by atoms with Gasteiger partial charge < -0.3 is 15.6 Å². The van der Waals surface area contributed by atoms with E-state index in [2.05, 4.69) is 15.9 Å². The third-order valence-corrected chi connectivity index (χ3v) is 3.34. The highest BCUT2D eigenvalue weighted by Crippen LogP contribution is 2.23. The molecule has 0 unspecified atom stereocenters. The summed E-state index contributed by atoms with van der Waals surface area (Å²) in [5, 5.41) is 8.98. The average molecular weight is 322 g/mol. The lowest BCUT2D eigenvalue weighted by Gasteiger charge is -2.11. The minimum atomic E-state index is 0.0607. The molecule has 100 valence electrons. The highest BCUT2D eigenvalue weighted by molar-refractivity contribution is 9.10. The number of benzene rings is 2. The van der Waals surface area contributed by atoms with Crippen LogP contribution >= 0.6 is 15.9 Å². The number of hydrogen-bond donors (Lipinski definition) is 2. The van der Waals surface area contributed by atoms with Gasteiger partial charge in [0, 0.05) is 16.6 Å². The summed E-state index contributed by atoms with van der Waals surface area (Å²) in [7, 11) is 0. The van der Waals surface area contributed by atoms with E-state index in [1.807, 2.05) is 42.5 Å². The fourth-order valence-electron chi connectivity index (χ4n) is 1.75. The summed E-state index contributed by atoms with van der Waals surface area (Å²) in [5.41, 5.74) is 8.63. The molecule has 0 saturated carbocycles. The van der Waals surface area contributed by atoms with E-state index in [1.54, 1.807) is 0 Å². The first-order chi connectivity index (χ1) is 9.22. The first kappa shape index (κ1) is 14.1. The third-order valence-electron chi connectivity index (χ3n) is 2.84. The van der Waals surface area contributed by atoms with E-state index in [0.29, 0.717) is 13.2 Å². The number of halogens is 1.